The first-order chi connectivity index (χ1) is 11.6. The SMILES string of the molecule is NC(=O)N(O)Cc1cccc(C#Cc2ccc3ccccc3c2)c1. The van der Waals surface area contributed by atoms with Gasteiger partial charge in [-0.1, -0.05) is 54.3 Å². The van der Waals surface area contributed by atoms with E-state index in [1.54, 1.807) is 6.07 Å². The number of nitrogens with two attached hydrogens (primary N) is 1. The van der Waals surface area contributed by atoms with E-state index in [0.29, 0.717) is 5.06 Å². The zero-order valence-corrected chi connectivity index (χ0v) is 12.9. The molecule has 0 aliphatic carbocycles. The van der Waals surface area contributed by atoms with E-state index in [9.17, 15) is 10.0 Å². The van der Waals surface area contributed by atoms with Crippen LogP contribution in [0.1, 0.15) is 16.7 Å². The average molecular weight is 316 g/mol. The number of carbonyl (C=O) groups is 1. The Balaban J connectivity index is 1.83. The second-order valence-electron chi connectivity index (χ2n) is 5.41. The first kappa shape index (κ1) is 15.6. The number of amides is 2. The molecular formula is C20H16N2O2. The van der Waals surface area contributed by atoms with E-state index in [2.05, 4.69) is 30.0 Å². The van der Waals surface area contributed by atoms with Crippen molar-refractivity contribution in [3.05, 3.63) is 83.4 Å². The number of rotatable bonds is 2. The van der Waals surface area contributed by atoms with Crippen LogP contribution in [0.25, 0.3) is 10.8 Å². The average Bonchev–Trinajstić information content (AvgIpc) is 2.60. The van der Waals surface area contributed by atoms with Gasteiger partial charge >= 0.3 is 6.03 Å². The van der Waals surface area contributed by atoms with Crippen molar-refractivity contribution in [1.82, 2.24) is 5.06 Å². The third-order valence-electron chi connectivity index (χ3n) is 3.61. The molecule has 3 N–H and O–H groups in total. The molecular weight excluding hydrogens is 300 g/mol. The first-order valence-corrected chi connectivity index (χ1v) is 7.47. The highest BCUT2D eigenvalue weighted by molar-refractivity contribution is 5.83. The highest BCUT2D eigenvalue weighted by Gasteiger charge is 2.06. The van der Waals surface area contributed by atoms with Gasteiger partial charge in [0, 0.05) is 11.1 Å². The fraction of sp³-hybridized carbons (Fsp3) is 0.0500. The van der Waals surface area contributed by atoms with E-state index in [-0.39, 0.29) is 6.54 Å². The predicted molar refractivity (Wildman–Crippen MR) is 93.3 cm³/mol. The minimum absolute atomic E-state index is 0.0286. The number of nitrogens with zero attached hydrogens (tertiary/aromatic N) is 1. The second-order valence-corrected chi connectivity index (χ2v) is 5.41. The van der Waals surface area contributed by atoms with Crippen LogP contribution < -0.4 is 5.73 Å². The Morgan fingerprint density at radius 2 is 1.62 bits per heavy atom. The summed E-state index contributed by atoms with van der Waals surface area (Å²) >= 11 is 0. The molecule has 0 atom stereocenters. The standard InChI is InChI=1S/C20H16N2O2/c21-20(23)22(24)14-17-5-3-4-15(12-17)8-9-16-10-11-18-6-1-2-7-19(18)13-16/h1-7,10-13,24H,14H2,(H2,21,23). The van der Waals surface area contributed by atoms with Crippen molar-refractivity contribution in [2.45, 2.75) is 6.54 Å². The van der Waals surface area contributed by atoms with Gasteiger partial charge in [-0.25, -0.2) is 9.86 Å². The van der Waals surface area contributed by atoms with E-state index >= 15 is 0 Å². The smallest absolute Gasteiger partial charge is 0.338 e. The van der Waals surface area contributed by atoms with Crippen LogP contribution in [0, 0.1) is 11.8 Å². The van der Waals surface area contributed by atoms with Crippen LogP contribution in [0.4, 0.5) is 4.79 Å². The van der Waals surface area contributed by atoms with Crippen LogP contribution in [-0.2, 0) is 6.54 Å². The highest BCUT2D eigenvalue weighted by atomic mass is 16.5. The molecule has 4 heteroatoms. The third-order valence-corrected chi connectivity index (χ3v) is 3.61. The minimum atomic E-state index is -0.886. The fourth-order valence-corrected chi connectivity index (χ4v) is 2.41. The molecule has 0 bridgehead atoms. The molecule has 0 heterocycles. The largest absolute Gasteiger partial charge is 0.350 e. The summed E-state index contributed by atoms with van der Waals surface area (Å²) in [6.07, 6.45) is 0. The van der Waals surface area contributed by atoms with Crippen LogP contribution in [0.3, 0.4) is 0 Å². The summed E-state index contributed by atoms with van der Waals surface area (Å²) < 4.78 is 0. The number of urea groups is 1. The van der Waals surface area contributed by atoms with E-state index in [1.807, 2.05) is 42.5 Å². The zero-order chi connectivity index (χ0) is 16.9. The Morgan fingerprint density at radius 1 is 0.917 bits per heavy atom. The van der Waals surface area contributed by atoms with Gasteiger partial charge in [0.25, 0.3) is 0 Å². The van der Waals surface area contributed by atoms with Gasteiger partial charge in [0.05, 0.1) is 6.54 Å². The third kappa shape index (κ3) is 3.72. The van der Waals surface area contributed by atoms with Gasteiger partial charge in [0.15, 0.2) is 0 Å². The molecule has 0 saturated heterocycles. The second kappa shape index (κ2) is 6.86. The van der Waals surface area contributed by atoms with Crippen molar-refractivity contribution in [2.24, 2.45) is 5.73 Å². The van der Waals surface area contributed by atoms with Crippen LogP contribution >= 0.6 is 0 Å². The monoisotopic (exact) mass is 316 g/mol. The molecule has 0 radical (unpaired) electrons. The molecule has 0 unspecified atom stereocenters. The summed E-state index contributed by atoms with van der Waals surface area (Å²) in [6, 6.07) is 20.7. The lowest BCUT2D eigenvalue weighted by molar-refractivity contribution is -0.0470. The molecule has 3 aromatic rings. The summed E-state index contributed by atoms with van der Waals surface area (Å²) in [7, 11) is 0. The topological polar surface area (TPSA) is 66.6 Å². The van der Waals surface area contributed by atoms with Crippen molar-refractivity contribution in [3.63, 3.8) is 0 Å². The first-order valence-electron chi connectivity index (χ1n) is 7.47. The molecule has 3 rings (SSSR count). The van der Waals surface area contributed by atoms with Crippen LogP contribution in [-0.4, -0.2) is 16.3 Å². The van der Waals surface area contributed by atoms with Gasteiger partial charge in [-0.3, -0.25) is 5.21 Å². The predicted octanol–water partition coefficient (Wildman–Crippen LogP) is 3.51. The van der Waals surface area contributed by atoms with Crippen LogP contribution in [0.2, 0.25) is 0 Å². The van der Waals surface area contributed by atoms with Gasteiger partial charge in [-0.15, -0.1) is 0 Å². The van der Waals surface area contributed by atoms with Crippen LogP contribution in [0.15, 0.2) is 66.7 Å². The lowest BCUT2D eigenvalue weighted by Gasteiger charge is -2.11. The Morgan fingerprint density at radius 3 is 2.38 bits per heavy atom. The normalized spacial score (nSPS) is 10.0. The Hall–Kier alpha value is -3.29. The summed E-state index contributed by atoms with van der Waals surface area (Å²) in [6.45, 7) is 0.0286. The number of carbonyl (C=O) groups excluding carboxylic acids is 1. The Bertz CT molecular complexity index is 954. The van der Waals surface area contributed by atoms with Gasteiger partial charge in [0.1, 0.15) is 0 Å². The molecule has 4 nitrogen and oxygen atoms in total. The molecule has 118 valence electrons. The number of hydrogen-bond acceptors (Lipinski definition) is 2. The molecule has 0 saturated carbocycles. The quantitative estimate of drug-likeness (QED) is 0.431. The lowest BCUT2D eigenvalue weighted by atomic mass is 10.1. The van der Waals surface area contributed by atoms with Crippen molar-refractivity contribution < 1.29 is 10.0 Å². The molecule has 3 aromatic carbocycles. The molecule has 24 heavy (non-hydrogen) atoms. The summed E-state index contributed by atoms with van der Waals surface area (Å²) in [5, 5.41) is 12.2. The number of fused-ring (bicyclic) bond motifs is 1. The van der Waals surface area contributed by atoms with Crippen LogP contribution in [0.5, 0.6) is 0 Å². The Kier molecular flexibility index (Phi) is 4.46. The summed E-state index contributed by atoms with van der Waals surface area (Å²) in [5.41, 5.74) is 7.50. The van der Waals surface area contributed by atoms with E-state index in [0.717, 1.165) is 22.1 Å². The van der Waals surface area contributed by atoms with Gasteiger partial charge in [0.2, 0.25) is 0 Å². The molecule has 0 spiro atoms. The summed E-state index contributed by atoms with van der Waals surface area (Å²) in [5.74, 6) is 6.24. The van der Waals surface area contributed by atoms with E-state index in [4.69, 9.17) is 5.73 Å². The van der Waals surface area contributed by atoms with Gasteiger partial charge < -0.3 is 5.73 Å². The van der Waals surface area contributed by atoms with Crippen molar-refractivity contribution in [3.8, 4) is 11.8 Å². The van der Waals surface area contributed by atoms with Gasteiger partial charge in [-0.05, 0) is 40.6 Å². The molecule has 0 aliphatic rings. The Labute approximate surface area is 140 Å². The molecule has 0 fully saturated rings. The molecule has 0 aromatic heterocycles. The highest BCUT2D eigenvalue weighted by Crippen LogP contribution is 2.15. The zero-order valence-electron chi connectivity index (χ0n) is 12.9. The van der Waals surface area contributed by atoms with Gasteiger partial charge in [-0.2, -0.15) is 0 Å². The maximum absolute atomic E-state index is 10.9. The number of hydrogen-bond donors (Lipinski definition) is 2. The van der Waals surface area contributed by atoms with E-state index in [1.165, 1.54) is 5.39 Å². The lowest BCUT2D eigenvalue weighted by Crippen LogP contribution is -2.31. The molecule has 0 aliphatic heterocycles. The van der Waals surface area contributed by atoms with E-state index < -0.39 is 6.03 Å². The van der Waals surface area contributed by atoms with Crippen molar-refractivity contribution >= 4 is 16.8 Å². The fourth-order valence-electron chi connectivity index (χ4n) is 2.41. The maximum Gasteiger partial charge on any atom is 0.338 e. The number of benzene rings is 3. The maximum atomic E-state index is 10.9. The van der Waals surface area contributed by atoms with Crippen molar-refractivity contribution in [1.29, 1.82) is 0 Å². The minimum Gasteiger partial charge on any atom is -0.350 e. The van der Waals surface area contributed by atoms with Crippen molar-refractivity contribution in [2.75, 3.05) is 0 Å². The molecule has 2 amide bonds. The number of hydroxylamine groups is 2. The number of primary amides is 1. The summed E-state index contributed by atoms with van der Waals surface area (Å²) in [4.78, 5) is 10.9.